The Morgan fingerprint density at radius 1 is 1.56 bits per heavy atom. The van der Waals surface area contributed by atoms with Crippen LogP contribution in [0.2, 0.25) is 0 Å². The maximum absolute atomic E-state index is 13.8. The first kappa shape index (κ1) is 12.8. The third-order valence-electron chi connectivity index (χ3n) is 3.26. The second-order valence-corrected chi connectivity index (χ2v) is 4.51. The number of aliphatic hydroxyl groups is 1. The number of amides is 1. The van der Waals surface area contributed by atoms with E-state index in [9.17, 15) is 14.3 Å². The van der Waals surface area contributed by atoms with Gasteiger partial charge in [-0.25, -0.2) is 4.39 Å². The standard InChI is InChI=1S/C13H17FN2O2/c1-8-13(18)15-6-7-16(8)11-5-3-4-10(14)12(11)9(2)17/h3-5,8-9,17H,6-7H2,1-2H3,(H,15,18)/t8?,9-/m1/s1. The molecule has 1 fully saturated rings. The summed E-state index contributed by atoms with van der Waals surface area (Å²) < 4.78 is 13.8. The molecule has 1 amide bonds. The zero-order valence-electron chi connectivity index (χ0n) is 10.5. The van der Waals surface area contributed by atoms with Gasteiger partial charge in [0, 0.05) is 24.3 Å². The van der Waals surface area contributed by atoms with E-state index in [0.29, 0.717) is 18.8 Å². The van der Waals surface area contributed by atoms with E-state index in [1.54, 1.807) is 19.1 Å². The molecule has 0 spiro atoms. The molecule has 1 aliphatic rings. The number of piperazine rings is 1. The van der Waals surface area contributed by atoms with Gasteiger partial charge in [-0.05, 0) is 26.0 Å². The Morgan fingerprint density at radius 3 is 2.94 bits per heavy atom. The Kier molecular flexibility index (Phi) is 3.52. The fraction of sp³-hybridized carbons (Fsp3) is 0.462. The first-order chi connectivity index (χ1) is 8.52. The number of nitrogens with zero attached hydrogens (tertiary/aromatic N) is 1. The third-order valence-corrected chi connectivity index (χ3v) is 3.26. The van der Waals surface area contributed by atoms with E-state index >= 15 is 0 Å². The molecule has 98 valence electrons. The van der Waals surface area contributed by atoms with Gasteiger partial charge in [-0.2, -0.15) is 0 Å². The van der Waals surface area contributed by atoms with Crippen LogP contribution in [-0.2, 0) is 4.79 Å². The van der Waals surface area contributed by atoms with Gasteiger partial charge in [-0.3, -0.25) is 4.79 Å². The van der Waals surface area contributed by atoms with Crippen LogP contribution < -0.4 is 10.2 Å². The van der Waals surface area contributed by atoms with Crippen molar-refractivity contribution in [3.8, 4) is 0 Å². The number of nitrogens with one attached hydrogen (secondary N) is 1. The first-order valence-corrected chi connectivity index (χ1v) is 6.03. The first-order valence-electron chi connectivity index (χ1n) is 6.03. The summed E-state index contributed by atoms with van der Waals surface area (Å²) in [6, 6.07) is 4.29. The number of benzene rings is 1. The van der Waals surface area contributed by atoms with Gasteiger partial charge >= 0.3 is 0 Å². The summed E-state index contributed by atoms with van der Waals surface area (Å²) in [6.07, 6.45) is -0.904. The lowest BCUT2D eigenvalue weighted by molar-refractivity contribution is -0.122. The number of hydrogen-bond donors (Lipinski definition) is 2. The Morgan fingerprint density at radius 2 is 2.28 bits per heavy atom. The van der Waals surface area contributed by atoms with Crippen LogP contribution in [0.15, 0.2) is 18.2 Å². The minimum Gasteiger partial charge on any atom is -0.389 e. The van der Waals surface area contributed by atoms with Crippen molar-refractivity contribution in [1.82, 2.24) is 5.32 Å². The van der Waals surface area contributed by atoms with Crippen LogP contribution in [0.25, 0.3) is 0 Å². The molecule has 0 bridgehead atoms. The van der Waals surface area contributed by atoms with Crippen LogP contribution in [0.4, 0.5) is 10.1 Å². The van der Waals surface area contributed by atoms with E-state index < -0.39 is 11.9 Å². The molecule has 5 heteroatoms. The fourth-order valence-electron chi connectivity index (χ4n) is 2.30. The van der Waals surface area contributed by atoms with Crippen LogP contribution in [0, 0.1) is 5.82 Å². The van der Waals surface area contributed by atoms with Crippen LogP contribution in [0.1, 0.15) is 25.5 Å². The summed E-state index contributed by atoms with van der Waals surface area (Å²) in [6.45, 7) is 4.43. The molecule has 0 aromatic heterocycles. The van der Waals surface area contributed by atoms with E-state index in [2.05, 4.69) is 5.32 Å². The molecule has 1 aliphatic heterocycles. The molecule has 2 N–H and O–H groups in total. The molecule has 2 atom stereocenters. The second-order valence-electron chi connectivity index (χ2n) is 4.51. The molecule has 1 aromatic carbocycles. The van der Waals surface area contributed by atoms with Crippen LogP contribution in [0.3, 0.4) is 0 Å². The lowest BCUT2D eigenvalue weighted by Gasteiger charge is -2.36. The number of halogens is 1. The van der Waals surface area contributed by atoms with Gasteiger partial charge in [0.2, 0.25) is 5.91 Å². The van der Waals surface area contributed by atoms with Gasteiger partial charge in [0.25, 0.3) is 0 Å². The quantitative estimate of drug-likeness (QED) is 0.831. The van der Waals surface area contributed by atoms with Crippen molar-refractivity contribution in [2.75, 3.05) is 18.0 Å². The summed E-state index contributed by atoms with van der Waals surface area (Å²) in [7, 11) is 0. The van der Waals surface area contributed by atoms with Crippen LogP contribution >= 0.6 is 0 Å². The Hall–Kier alpha value is -1.62. The largest absolute Gasteiger partial charge is 0.389 e. The molecular weight excluding hydrogens is 235 g/mol. The van der Waals surface area contributed by atoms with Crippen molar-refractivity contribution in [1.29, 1.82) is 0 Å². The number of aliphatic hydroxyl groups excluding tert-OH is 1. The Balaban J connectivity index is 2.44. The molecule has 0 radical (unpaired) electrons. The highest BCUT2D eigenvalue weighted by atomic mass is 19.1. The highest BCUT2D eigenvalue weighted by Gasteiger charge is 2.28. The lowest BCUT2D eigenvalue weighted by Crippen LogP contribution is -2.54. The topological polar surface area (TPSA) is 52.6 Å². The highest BCUT2D eigenvalue weighted by Crippen LogP contribution is 2.30. The maximum Gasteiger partial charge on any atom is 0.242 e. The van der Waals surface area contributed by atoms with Crippen LogP contribution in [-0.4, -0.2) is 30.1 Å². The summed E-state index contributed by atoms with van der Waals surface area (Å²) >= 11 is 0. The lowest BCUT2D eigenvalue weighted by atomic mass is 10.0. The summed E-state index contributed by atoms with van der Waals surface area (Å²) in [5.74, 6) is -0.525. The number of carbonyl (C=O) groups excluding carboxylic acids is 1. The minimum atomic E-state index is -0.904. The van der Waals surface area contributed by atoms with E-state index in [0.717, 1.165) is 0 Å². The van der Waals surface area contributed by atoms with Crippen molar-refractivity contribution < 1.29 is 14.3 Å². The van der Waals surface area contributed by atoms with Gasteiger partial charge in [0.1, 0.15) is 11.9 Å². The third kappa shape index (κ3) is 2.18. The van der Waals surface area contributed by atoms with Crippen LogP contribution in [0.5, 0.6) is 0 Å². The molecule has 18 heavy (non-hydrogen) atoms. The van der Waals surface area contributed by atoms with Crippen molar-refractivity contribution >= 4 is 11.6 Å². The number of carbonyl (C=O) groups is 1. The molecule has 1 unspecified atom stereocenters. The molecule has 4 nitrogen and oxygen atoms in total. The van der Waals surface area contributed by atoms with Crippen molar-refractivity contribution in [2.45, 2.75) is 26.0 Å². The van der Waals surface area contributed by atoms with E-state index in [4.69, 9.17) is 0 Å². The monoisotopic (exact) mass is 252 g/mol. The normalized spacial score (nSPS) is 21.7. The average Bonchev–Trinajstić information content (AvgIpc) is 2.32. The van der Waals surface area contributed by atoms with E-state index in [1.165, 1.54) is 13.0 Å². The van der Waals surface area contributed by atoms with Gasteiger partial charge in [0.15, 0.2) is 0 Å². The van der Waals surface area contributed by atoms with E-state index in [1.807, 2.05) is 4.90 Å². The molecule has 1 saturated heterocycles. The molecule has 1 aromatic rings. The molecule has 2 rings (SSSR count). The van der Waals surface area contributed by atoms with E-state index in [-0.39, 0.29) is 17.5 Å². The van der Waals surface area contributed by atoms with Gasteiger partial charge < -0.3 is 15.3 Å². The molecule has 1 heterocycles. The Labute approximate surface area is 105 Å². The predicted molar refractivity (Wildman–Crippen MR) is 66.9 cm³/mol. The van der Waals surface area contributed by atoms with Crippen molar-refractivity contribution in [2.24, 2.45) is 0 Å². The SMILES string of the molecule is CC1C(=O)NCCN1c1cccc(F)c1[C@@H](C)O. The number of hydrogen-bond acceptors (Lipinski definition) is 3. The van der Waals surface area contributed by atoms with Crippen molar-refractivity contribution in [3.05, 3.63) is 29.6 Å². The number of rotatable bonds is 2. The zero-order chi connectivity index (χ0) is 13.3. The molecule has 0 saturated carbocycles. The minimum absolute atomic E-state index is 0.0814. The molecular formula is C13H17FN2O2. The smallest absolute Gasteiger partial charge is 0.242 e. The fourth-order valence-corrected chi connectivity index (χ4v) is 2.30. The van der Waals surface area contributed by atoms with Gasteiger partial charge in [-0.15, -0.1) is 0 Å². The van der Waals surface area contributed by atoms with Crippen molar-refractivity contribution in [3.63, 3.8) is 0 Å². The zero-order valence-corrected chi connectivity index (χ0v) is 10.5. The molecule has 0 aliphatic carbocycles. The van der Waals surface area contributed by atoms with Gasteiger partial charge in [-0.1, -0.05) is 6.07 Å². The summed E-state index contributed by atoms with van der Waals surface area (Å²) in [5.41, 5.74) is 0.839. The second kappa shape index (κ2) is 4.94. The Bertz CT molecular complexity index is 462. The maximum atomic E-state index is 13.8. The average molecular weight is 252 g/mol. The predicted octanol–water partition coefficient (Wildman–Crippen LogP) is 1.20. The highest BCUT2D eigenvalue weighted by molar-refractivity contribution is 5.86. The summed E-state index contributed by atoms with van der Waals surface area (Å²) in [5, 5.41) is 12.5. The number of anilines is 1. The summed E-state index contributed by atoms with van der Waals surface area (Å²) in [4.78, 5) is 13.5. The van der Waals surface area contributed by atoms with Gasteiger partial charge in [0.05, 0.1) is 6.10 Å².